The zero-order chi connectivity index (χ0) is 18.5. The van der Waals surface area contributed by atoms with Crippen molar-refractivity contribution in [3.63, 3.8) is 0 Å². The normalized spacial score (nSPS) is 19.5. The van der Waals surface area contributed by atoms with Gasteiger partial charge in [0.1, 0.15) is 5.75 Å². The van der Waals surface area contributed by atoms with Crippen LogP contribution in [0.2, 0.25) is 0 Å². The van der Waals surface area contributed by atoms with Crippen LogP contribution in [0.25, 0.3) is 0 Å². The molecule has 2 saturated carbocycles. The third-order valence-corrected chi connectivity index (χ3v) is 7.42. The number of benzene rings is 1. The Morgan fingerprint density at radius 1 is 0.846 bits per heavy atom. The first-order valence-corrected chi connectivity index (χ1v) is 11.4. The van der Waals surface area contributed by atoms with Crippen molar-refractivity contribution >= 4 is 0 Å². The minimum atomic E-state index is 0.527. The fourth-order valence-electron chi connectivity index (χ4n) is 4.59. The summed E-state index contributed by atoms with van der Waals surface area (Å²) in [4.78, 5) is 0. The monoisotopic (exact) mass is 356 g/mol. The molecule has 1 nitrogen and oxygen atoms in total. The summed E-state index contributed by atoms with van der Waals surface area (Å²) in [5.41, 5.74) is 4.07. The van der Waals surface area contributed by atoms with Crippen LogP contribution in [0.5, 0.6) is 5.75 Å². The molecule has 146 valence electrons. The number of aromatic hydroxyl groups is 1. The van der Waals surface area contributed by atoms with Crippen LogP contribution in [-0.2, 0) is 12.8 Å². The Labute approximate surface area is 161 Å². The lowest BCUT2D eigenvalue weighted by atomic mass is 9.93. The Hall–Kier alpha value is -0.980. The topological polar surface area (TPSA) is 20.2 Å². The smallest absolute Gasteiger partial charge is 0.119 e. The van der Waals surface area contributed by atoms with Crippen molar-refractivity contribution < 1.29 is 5.11 Å². The number of phenolic OH excluding ortho intramolecular Hbond substituents is 1. The zero-order valence-electron chi connectivity index (χ0n) is 17.3. The Bertz CT molecular complexity index is 566. The van der Waals surface area contributed by atoms with Gasteiger partial charge in [-0.1, -0.05) is 58.1 Å². The summed E-state index contributed by atoms with van der Waals surface area (Å²) in [7, 11) is 0. The van der Waals surface area contributed by atoms with E-state index in [1.807, 2.05) is 12.1 Å². The first kappa shape index (κ1) is 19.8. The van der Waals surface area contributed by atoms with Crippen molar-refractivity contribution in [3.8, 4) is 5.75 Å². The van der Waals surface area contributed by atoms with Gasteiger partial charge >= 0.3 is 0 Å². The van der Waals surface area contributed by atoms with Crippen molar-refractivity contribution in [1.29, 1.82) is 0 Å². The Balaban J connectivity index is 1.36. The van der Waals surface area contributed by atoms with E-state index in [1.165, 1.54) is 94.6 Å². The molecule has 0 amide bonds. The largest absolute Gasteiger partial charge is 0.508 e. The van der Waals surface area contributed by atoms with Crippen molar-refractivity contribution in [2.24, 2.45) is 10.8 Å². The van der Waals surface area contributed by atoms with E-state index in [9.17, 15) is 5.11 Å². The second-order valence-electron chi connectivity index (χ2n) is 9.70. The Kier molecular flexibility index (Phi) is 6.70. The Morgan fingerprint density at radius 3 is 2.19 bits per heavy atom. The maximum Gasteiger partial charge on any atom is 0.119 e. The molecule has 0 saturated heterocycles. The molecule has 3 rings (SSSR count). The molecule has 0 heterocycles. The summed E-state index contributed by atoms with van der Waals surface area (Å²) in [5.74, 6) is 0.527. The number of unbranched alkanes of at least 4 members (excludes halogenated alkanes) is 4. The number of aryl methyl sites for hydroxylation is 1. The van der Waals surface area contributed by atoms with Crippen LogP contribution in [-0.4, -0.2) is 5.11 Å². The molecule has 2 fully saturated rings. The molecule has 0 atom stereocenters. The number of rotatable bonds is 13. The van der Waals surface area contributed by atoms with E-state index in [2.05, 4.69) is 19.9 Å². The van der Waals surface area contributed by atoms with Crippen molar-refractivity contribution in [3.05, 3.63) is 29.3 Å². The van der Waals surface area contributed by atoms with Crippen LogP contribution in [0.3, 0.4) is 0 Å². The summed E-state index contributed by atoms with van der Waals surface area (Å²) in [6.07, 6.45) is 20.1. The second-order valence-corrected chi connectivity index (χ2v) is 9.70. The first-order valence-electron chi connectivity index (χ1n) is 11.4. The van der Waals surface area contributed by atoms with E-state index in [4.69, 9.17) is 0 Å². The summed E-state index contributed by atoms with van der Waals surface area (Å²) < 4.78 is 0. The van der Waals surface area contributed by atoms with Gasteiger partial charge in [0, 0.05) is 0 Å². The van der Waals surface area contributed by atoms with Crippen LogP contribution < -0.4 is 0 Å². The first-order chi connectivity index (χ1) is 12.6. The minimum Gasteiger partial charge on any atom is -0.508 e. The molecule has 0 bridgehead atoms. The highest BCUT2D eigenvalue weighted by molar-refractivity contribution is 5.39. The zero-order valence-corrected chi connectivity index (χ0v) is 17.3. The van der Waals surface area contributed by atoms with E-state index in [1.54, 1.807) is 0 Å². The molecule has 26 heavy (non-hydrogen) atoms. The van der Waals surface area contributed by atoms with Gasteiger partial charge in [-0.2, -0.15) is 0 Å². The molecule has 0 aromatic heterocycles. The van der Waals surface area contributed by atoms with Gasteiger partial charge in [0.25, 0.3) is 0 Å². The van der Waals surface area contributed by atoms with Gasteiger partial charge in [0.15, 0.2) is 0 Å². The molecule has 2 aliphatic rings. The minimum absolute atomic E-state index is 0.527. The summed E-state index contributed by atoms with van der Waals surface area (Å²) in [6, 6.07) is 6.15. The second kappa shape index (κ2) is 8.81. The molecule has 0 aliphatic heterocycles. The molecule has 1 N–H and O–H groups in total. The van der Waals surface area contributed by atoms with Gasteiger partial charge in [-0.15, -0.1) is 0 Å². The highest BCUT2D eigenvalue weighted by atomic mass is 16.3. The van der Waals surface area contributed by atoms with Crippen molar-refractivity contribution in [1.82, 2.24) is 0 Å². The molecule has 2 aliphatic carbocycles. The van der Waals surface area contributed by atoms with Gasteiger partial charge in [-0.25, -0.2) is 0 Å². The van der Waals surface area contributed by atoms with Crippen LogP contribution in [0.15, 0.2) is 18.2 Å². The maximum absolute atomic E-state index is 10.3. The quantitative estimate of drug-likeness (QED) is 0.361. The highest BCUT2D eigenvalue weighted by Gasteiger charge is 2.39. The number of phenols is 1. The number of hydrogen-bond donors (Lipinski definition) is 1. The van der Waals surface area contributed by atoms with E-state index >= 15 is 0 Å². The fraction of sp³-hybridized carbons (Fsp3) is 0.760. The van der Waals surface area contributed by atoms with Crippen LogP contribution >= 0.6 is 0 Å². The average Bonchev–Trinajstić information content (AvgIpc) is 3.55. The van der Waals surface area contributed by atoms with E-state index in [0.717, 1.165) is 18.3 Å². The summed E-state index contributed by atoms with van der Waals surface area (Å²) in [6.45, 7) is 4.79. The van der Waals surface area contributed by atoms with Crippen LogP contribution in [0.4, 0.5) is 0 Å². The highest BCUT2D eigenvalue weighted by Crippen LogP contribution is 2.52. The van der Waals surface area contributed by atoms with Gasteiger partial charge < -0.3 is 5.11 Å². The molecule has 0 radical (unpaired) electrons. The lowest BCUT2D eigenvalue weighted by Crippen LogP contribution is -1.99. The maximum atomic E-state index is 10.3. The SMILES string of the molecule is CCC1(CCCCCc2cccc(O)c2CCCCCC2(C)CC2)CC1. The van der Waals surface area contributed by atoms with Gasteiger partial charge in [0.2, 0.25) is 0 Å². The third kappa shape index (κ3) is 5.76. The van der Waals surface area contributed by atoms with Crippen molar-refractivity contribution in [2.75, 3.05) is 0 Å². The molecule has 0 spiro atoms. The number of hydrogen-bond acceptors (Lipinski definition) is 1. The predicted octanol–water partition coefficient (Wildman–Crippen LogP) is 7.59. The van der Waals surface area contributed by atoms with Gasteiger partial charge in [-0.05, 0) is 92.2 Å². The van der Waals surface area contributed by atoms with Gasteiger partial charge in [0.05, 0.1) is 0 Å². The molecule has 1 aromatic rings. The molecule has 0 unspecified atom stereocenters. The average molecular weight is 357 g/mol. The summed E-state index contributed by atoms with van der Waals surface area (Å²) >= 11 is 0. The molecular formula is C25H40O. The van der Waals surface area contributed by atoms with Crippen LogP contribution in [0.1, 0.15) is 108 Å². The lowest BCUT2D eigenvalue weighted by molar-refractivity contribution is 0.422. The van der Waals surface area contributed by atoms with E-state index < -0.39 is 0 Å². The standard InChI is InChI=1S/C25H40O/c1-3-25(19-20-25)16-9-4-6-11-21-12-10-14-23(26)22(21)13-7-5-8-15-24(2)17-18-24/h10,12,14,26H,3-9,11,13,15-20H2,1-2H3. The fourth-order valence-corrected chi connectivity index (χ4v) is 4.59. The molecular weight excluding hydrogens is 316 g/mol. The Morgan fingerprint density at radius 2 is 1.54 bits per heavy atom. The van der Waals surface area contributed by atoms with E-state index in [0.29, 0.717) is 11.2 Å². The van der Waals surface area contributed by atoms with Gasteiger partial charge in [-0.3, -0.25) is 0 Å². The van der Waals surface area contributed by atoms with Crippen molar-refractivity contribution in [2.45, 2.75) is 110 Å². The van der Waals surface area contributed by atoms with E-state index in [-0.39, 0.29) is 0 Å². The molecule has 1 aromatic carbocycles. The molecule has 1 heteroatoms. The predicted molar refractivity (Wildman–Crippen MR) is 112 cm³/mol. The lowest BCUT2D eigenvalue weighted by Gasteiger charge is -2.13. The summed E-state index contributed by atoms with van der Waals surface area (Å²) in [5, 5.41) is 10.3. The third-order valence-electron chi connectivity index (χ3n) is 7.42. The van der Waals surface area contributed by atoms with Crippen LogP contribution in [0, 0.1) is 10.8 Å².